The maximum absolute atomic E-state index is 2.62. The Morgan fingerprint density at radius 1 is 0.195 bits per heavy atom. The lowest BCUT2D eigenvalue weighted by Gasteiger charge is -2.30. The molecule has 0 aromatic heterocycles. The molecule has 0 heteroatoms. The van der Waals surface area contributed by atoms with E-state index in [2.05, 4.69) is 262 Å². The minimum atomic E-state index is -0.0641. The van der Waals surface area contributed by atoms with E-state index in [0.717, 1.165) is 51.4 Å². The Balaban J connectivity index is 1.03. The summed E-state index contributed by atoms with van der Waals surface area (Å²) in [5.41, 5.74) is 33.0. The standard InChI is InChI=1S/C82H74/c1-9-79(10-2)69-29-21-17-25-57(69)61-39-33-53(47-73(61)79)51-35-43-65-67(45-51)77(55-37-41-63-59-27-19-23-31-71(59)81(13-5,14-6)75(63)49-55)66-44-36-52(54-34-40-62-58-26-18-22-30-70(58)80(11-3,12-4)74(62)48-54)46-68(66)78(65)56-38-42-64-60-28-20-24-32-72(60)82(15-7,16-8)76(64)50-56/h17-50H,9-16H2,1-8H3. The van der Waals surface area contributed by atoms with E-state index >= 15 is 0 Å². The van der Waals surface area contributed by atoms with Gasteiger partial charge in [-0.2, -0.15) is 0 Å². The Kier molecular flexibility index (Phi) is 11.6. The van der Waals surface area contributed by atoms with Crippen molar-refractivity contribution in [3.05, 3.63) is 251 Å². The summed E-state index contributed by atoms with van der Waals surface area (Å²) in [5.74, 6) is 0. The third-order valence-corrected chi connectivity index (χ3v) is 22.3. The lowest BCUT2D eigenvalue weighted by molar-refractivity contribution is 0.490. The summed E-state index contributed by atoms with van der Waals surface area (Å²) in [6, 6.07) is 81.9. The van der Waals surface area contributed by atoms with Crippen LogP contribution in [-0.2, 0) is 21.7 Å². The fourth-order valence-electron chi connectivity index (χ4n) is 17.7. The first kappa shape index (κ1) is 50.9. The van der Waals surface area contributed by atoms with Crippen molar-refractivity contribution < 1.29 is 0 Å². The summed E-state index contributed by atoms with van der Waals surface area (Å²) >= 11 is 0. The largest absolute Gasteiger partial charge is 0.0642 e. The van der Waals surface area contributed by atoms with Crippen LogP contribution in [0.5, 0.6) is 0 Å². The fourth-order valence-corrected chi connectivity index (χ4v) is 17.7. The molecule has 0 bridgehead atoms. The zero-order valence-corrected chi connectivity index (χ0v) is 49.3. The molecule has 0 saturated heterocycles. The van der Waals surface area contributed by atoms with Crippen LogP contribution in [0.2, 0.25) is 0 Å². The van der Waals surface area contributed by atoms with Crippen LogP contribution in [0.1, 0.15) is 151 Å². The average Bonchev–Trinajstić information content (AvgIpc) is 4.34. The van der Waals surface area contributed by atoms with E-state index in [1.165, 1.54) is 155 Å². The Morgan fingerprint density at radius 2 is 0.415 bits per heavy atom. The first-order valence-corrected chi connectivity index (χ1v) is 31.2. The van der Waals surface area contributed by atoms with Gasteiger partial charge in [-0.25, -0.2) is 0 Å². The van der Waals surface area contributed by atoms with E-state index in [4.69, 9.17) is 0 Å². The second-order valence-electron chi connectivity index (χ2n) is 24.7. The summed E-state index contributed by atoms with van der Waals surface area (Å²) in [5, 5.41) is 5.19. The lowest BCUT2D eigenvalue weighted by Crippen LogP contribution is -2.23. The third kappa shape index (κ3) is 6.62. The van der Waals surface area contributed by atoms with E-state index in [9.17, 15) is 0 Å². The van der Waals surface area contributed by atoms with Gasteiger partial charge in [0.25, 0.3) is 0 Å². The molecule has 82 heavy (non-hydrogen) atoms. The Hall–Kier alpha value is -8.06. The summed E-state index contributed by atoms with van der Waals surface area (Å²) in [4.78, 5) is 0. The van der Waals surface area contributed by atoms with E-state index in [-0.39, 0.29) is 21.7 Å². The van der Waals surface area contributed by atoms with Gasteiger partial charge in [-0.15, -0.1) is 0 Å². The molecule has 402 valence electrons. The average molecular weight is 1060 g/mol. The highest BCUT2D eigenvalue weighted by molar-refractivity contribution is 6.23. The third-order valence-electron chi connectivity index (χ3n) is 22.3. The minimum Gasteiger partial charge on any atom is -0.0642 e. The Labute approximate surface area is 487 Å². The van der Waals surface area contributed by atoms with Gasteiger partial charge in [-0.1, -0.05) is 225 Å². The molecule has 0 N–H and O–H groups in total. The predicted octanol–water partition coefficient (Wildman–Crippen LogP) is 23.0. The van der Waals surface area contributed by atoms with Crippen molar-refractivity contribution >= 4 is 21.5 Å². The summed E-state index contributed by atoms with van der Waals surface area (Å²) in [6.07, 6.45) is 8.45. The van der Waals surface area contributed by atoms with Gasteiger partial charge in [0.05, 0.1) is 0 Å². The molecule has 0 atom stereocenters. The van der Waals surface area contributed by atoms with Crippen LogP contribution in [-0.4, -0.2) is 0 Å². The van der Waals surface area contributed by atoms with E-state index < -0.39 is 0 Å². The Bertz CT molecular complexity index is 4160. The molecule has 0 saturated carbocycles. The van der Waals surface area contributed by atoms with Gasteiger partial charge in [0.2, 0.25) is 0 Å². The molecule has 11 aromatic carbocycles. The monoisotopic (exact) mass is 1060 g/mol. The summed E-state index contributed by atoms with van der Waals surface area (Å²) in [7, 11) is 0. The van der Waals surface area contributed by atoms with Crippen LogP contribution >= 0.6 is 0 Å². The number of hydrogen-bond donors (Lipinski definition) is 0. The van der Waals surface area contributed by atoms with Gasteiger partial charge in [0.15, 0.2) is 0 Å². The smallest absolute Gasteiger partial charge is 0.0210 e. The van der Waals surface area contributed by atoms with Crippen LogP contribution in [0.15, 0.2) is 206 Å². The maximum atomic E-state index is 2.62. The van der Waals surface area contributed by atoms with Crippen LogP contribution in [0.4, 0.5) is 0 Å². The molecule has 4 aliphatic carbocycles. The second kappa shape index (κ2) is 18.7. The van der Waals surface area contributed by atoms with Crippen molar-refractivity contribution in [2.24, 2.45) is 0 Å². The molecule has 0 unspecified atom stereocenters. The highest BCUT2D eigenvalue weighted by Gasteiger charge is 2.44. The van der Waals surface area contributed by atoms with Gasteiger partial charge in [0.1, 0.15) is 0 Å². The zero-order valence-electron chi connectivity index (χ0n) is 49.3. The van der Waals surface area contributed by atoms with E-state index in [1.807, 2.05) is 0 Å². The number of fused-ring (bicyclic) bond motifs is 14. The Morgan fingerprint density at radius 3 is 0.695 bits per heavy atom. The van der Waals surface area contributed by atoms with Gasteiger partial charge >= 0.3 is 0 Å². The molecule has 0 amide bonds. The van der Waals surface area contributed by atoms with Crippen LogP contribution < -0.4 is 0 Å². The first-order valence-electron chi connectivity index (χ1n) is 31.2. The highest BCUT2D eigenvalue weighted by Crippen LogP contribution is 2.59. The molecule has 11 aromatic rings. The fraction of sp³-hybridized carbons (Fsp3) is 0.244. The second-order valence-corrected chi connectivity index (χ2v) is 24.7. The van der Waals surface area contributed by atoms with Crippen molar-refractivity contribution in [2.75, 3.05) is 0 Å². The molecule has 4 aliphatic rings. The normalized spacial score (nSPS) is 15.6. The quantitative estimate of drug-likeness (QED) is 0.107. The molecular formula is C82H74. The molecule has 0 spiro atoms. The van der Waals surface area contributed by atoms with Crippen LogP contribution in [0.3, 0.4) is 0 Å². The van der Waals surface area contributed by atoms with Crippen molar-refractivity contribution in [1.82, 2.24) is 0 Å². The van der Waals surface area contributed by atoms with Crippen LogP contribution in [0, 0.1) is 0 Å². The maximum Gasteiger partial charge on any atom is 0.0210 e. The first-order chi connectivity index (χ1) is 40.2. The van der Waals surface area contributed by atoms with Gasteiger partial charge in [-0.3, -0.25) is 0 Å². The number of benzene rings is 11. The molecule has 0 aliphatic heterocycles. The zero-order chi connectivity index (χ0) is 55.9. The van der Waals surface area contributed by atoms with Gasteiger partial charge in [0, 0.05) is 21.7 Å². The van der Waals surface area contributed by atoms with Crippen molar-refractivity contribution in [3.63, 3.8) is 0 Å². The molecular weight excluding hydrogens is 985 g/mol. The van der Waals surface area contributed by atoms with Gasteiger partial charge in [-0.05, 0) is 243 Å². The van der Waals surface area contributed by atoms with E-state index in [0.29, 0.717) is 0 Å². The van der Waals surface area contributed by atoms with Crippen LogP contribution in [0.25, 0.3) is 111 Å². The SMILES string of the molecule is CCC1(CC)c2ccccc2-c2ccc(-c3ccc4c(-c5ccc6c(c5)C(CC)(CC)c5ccccc5-6)c5cc(-c6ccc7c(c6)C(CC)(CC)c6ccccc6-7)ccc5c(-c5ccc6c(c5)C(CC)(CC)c5ccccc5-6)c4c3)cc21. The predicted molar refractivity (Wildman–Crippen MR) is 350 cm³/mol. The minimum absolute atomic E-state index is 0.0190. The lowest BCUT2D eigenvalue weighted by atomic mass is 9.72. The summed E-state index contributed by atoms with van der Waals surface area (Å²) in [6.45, 7) is 19.2. The number of rotatable bonds is 12. The molecule has 0 heterocycles. The highest BCUT2D eigenvalue weighted by atomic mass is 14.5. The van der Waals surface area contributed by atoms with E-state index in [1.54, 1.807) is 0 Å². The molecule has 0 nitrogen and oxygen atoms in total. The van der Waals surface area contributed by atoms with Crippen molar-refractivity contribution in [1.29, 1.82) is 0 Å². The molecule has 15 rings (SSSR count). The topological polar surface area (TPSA) is 0 Å². The molecule has 0 fully saturated rings. The van der Waals surface area contributed by atoms with Crippen molar-refractivity contribution in [3.8, 4) is 89.0 Å². The number of hydrogen-bond acceptors (Lipinski definition) is 0. The van der Waals surface area contributed by atoms with Gasteiger partial charge < -0.3 is 0 Å². The van der Waals surface area contributed by atoms with Crippen molar-refractivity contribution in [2.45, 2.75) is 128 Å². The summed E-state index contributed by atoms with van der Waals surface area (Å²) < 4.78 is 0. The molecule has 0 radical (unpaired) electrons.